The summed E-state index contributed by atoms with van der Waals surface area (Å²) in [6.07, 6.45) is 1.47. The first-order chi connectivity index (χ1) is 13.3. The fraction of sp³-hybridized carbons (Fsp3) is 0.158. The first-order valence-electron chi connectivity index (χ1n) is 8.36. The molecular formula is C19H14BrClN4O3. The van der Waals surface area contributed by atoms with Crippen LogP contribution in [0.15, 0.2) is 57.9 Å². The van der Waals surface area contributed by atoms with Gasteiger partial charge in [0.1, 0.15) is 11.2 Å². The number of hydrogen-bond acceptors (Lipinski definition) is 4. The molecule has 1 saturated heterocycles. The lowest BCUT2D eigenvalue weighted by Gasteiger charge is -2.23. The average molecular weight is 462 g/mol. The van der Waals surface area contributed by atoms with Crippen LogP contribution in [0.2, 0.25) is 5.02 Å². The van der Waals surface area contributed by atoms with Crippen LogP contribution in [0.1, 0.15) is 18.2 Å². The van der Waals surface area contributed by atoms with Gasteiger partial charge in [0.15, 0.2) is 0 Å². The van der Waals surface area contributed by atoms with Gasteiger partial charge in [-0.3, -0.25) is 18.9 Å². The summed E-state index contributed by atoms with van der Waals surface area (Å²) in [4.78, 5) is 43.4. The minimum Gasteiger partial charge on any atom is -0.319 e. The summed E-state index contributed by atoms with van der Waals surface area (Å²) in [5.41, 5.74) is -0.212. The molecule has 142 valence electrons. The van der Waals surface area contributed by atoms with Gasteiger partial charge in [0.05, 0.1) is 17.3 Å². The molecule has 0 aliphatic carbocycles. The maximum absolute atomic E-state index is 13.1. The smallest absolute Gasteiger partial charge is 0.319 e. The van der Waals surface area contributed by atoms with Crippen molar-refractivity contribution in [3.63, 3.8) is 0 Å². The zero-order chi connectivity index (χ0) is 20.1. The van der Waals surface area contributed by atoms with Gasteiger partial charge in [0, 0.05) is 22.3 Å². The number of benzene rings is 1. The van der Waals surface area contributed by atoms with E-state index in [1.807, 2.05) is 6.07 Å². The first kappa shape index (κ1) is 18.6. The van der Waals surface area contributed by atoms with Crippen LogP contribution in [-0.4, -0.2) is 26.2 Å². The average Bonchev–Trinajstić information content (AvgIpc) is 2.87. The van der Waals surface area contributed by atoms with Crippen molar-refractivity contribution < 1.29 is 9.59 Å². The van der Waals surface area contributed by atoms with Gasteiger partial charge in [0.25, 0.3) is 11.5 Å². The van der Waals surface area contributed by atoms with E-state index >= 15 is 0 Å². The van der Waals surface area contributed by atoms with Crippen LogP contribution in [0.5, 0.6) is 0 Å². The van der Waals surface area contributed by atoms with Crippen LogP contribution in [0, 0.1) is 0 Å². The summed E-state index contributed by atoms with van der Waals surface area (Å²) >= 11 is 9.34. The third-order valence-electron chi connectivity index (χ3n) is 4.68. The van der Waals surface area contributed by atoms with Crippen LogP contribution < -0.4 is 10.9 Å². The summed E-state index contributed by atoms with van der Waals surface area (Å²) in [6, 6.07) is 11.2. The molecule has 0 spiro atoms. The van der Waals surface area contributed by atoms with Crippen LogP contribution >= 0.6 is 27.5 Å². The Labute approximate surface area is 173 Å². The number of carbonyl (C=O) groups excluding carboxylic acids is 2. The number of rotatable bonds is 3. The van der Waals surface area contributed by atoms with Crippen molar-refractivity contribution in [3.8, 4) is 0 Å². The molecule has 28 heavy (non-hydrogen) atoms. The molecule has 0 radical (unpaired) electrons. The fourth-order valence-electron chi connectivity index (χ4n) is 3.26. The molecule has 1 atom stereocenters. The minimum atomic E-state index is -1.21. The summed E-state index contributed by atoms with van der Waals surface area (Å²) in [5.74, 6) is -0.414. The Morgan fingerprint density at radius 3 is 2.68 bits per heavy atom. The van der Waals surface area contributed by atoms with E-state index in [2.05, 4.69) is 26.2 Å². The number of pyridine rings is 1. The SMILES string of the molecule is CC1(c2ccccc2Br)NC(=O)N(Cc2cc(=O)n3cc(Cl)ccc3n2)C1=O. The number of nitrogens with zero attached hydrogens (tertiary/aromatic N) is 3. The van der Waals surface area contributed by atoms with Gasteiger partial charge in [-0.1, -0.05) is 45.7 Å². The molecule has 1 aliphatic rings. The Balaban J connectivity index is 1.69. The highest BCUT2D eigenvalue weighted by Gasteiger charge is 2.49. The standard InChI is InChI=1S/C19H14BrClN4O3/c1-19(13-4-2-3-5-14(13)20)17(27)25(18(28)23-19)10-12-8-16(26)24-9-11(21)6-7-15(24)22-12/h2-9H,10H2,1H3,(H,23,28). The first-order valence-corrected chi connectivity index (χ1v) is 9.53. The second kappa shape index (κ2) is 6.72. The molecule has 3 aromatic rings. The number of fused-ring (bicyclic) bond motifs is 1. The van der Waals surface area contributed by atoms with E-state index in [1.165, 1.54) is 16.7 Å². The molecule has 7 nitrogen and oxygen atoms in total. The molecule has 2 aromatic heterocycles. The molecule has 0 saturated carbocycles. The molecule has 9 heteroatoms. The Kier molecular flexibility index (Phi) is 4.47. The number of imide groups is 1. The third-order valence-corrected chi connectivity index (χ3v) is 5.60. The van der Waals surface area contributed by atoms with Crippen molar-refractivity contribution in [2.75, 3.05) is 0 Å². The van der Waals surface area contributed by atoms with E-state index in [4.69, 9.17) is 11.6 Å². The summed E-state index contributed by atoms with van der Waals surface area (Å²) in [7, 11) is 0. The second-order valence-electron chi connectivity index (χ2n) is 6.59. The minimum absolute atomic E-state index is 0.112. The fourth-order valence-corrected chi connectivity index (χ4v) is 4.10. The predicted molar refractivity (Wildman–Crippen MR) is 107 cm³/mol. The summed E-state index contributed by atoms with van der Waals surface area (Å²) in [5, 5.41) is 3.15. The normalized spacial score (nSPS) is 19.3. The van der Waals surface area contributed by atoms with Gasteiger partial charge < -0.3 is 5.32 Å². The van der Waals surface area contributed by atoms with Crippen molar-refractivity contribution in [1.82, 2.24) is 19.6 Å². The zero-order valence-electron chi connectivity index (χ0n) is 14.6. The lowest BCUT2D eigenvalue weighted by atomic mass is 9.92. The Bertz CT molecular complexity index is 1200. The maximum atomic E-state index is 13.1. The number of hydrogen-bond donors (Lipinski definition) is 1. The number of carbonyl (C=O) groups is 2. The lowest BCUT2D eigenvalue weighted by Crippen LogP contribution is -2.41. The van der Waals surface area contributed by atoms with Crippen molar-refractivity contribution >= 4 is 45.1 Å². The number of aromatic nitrogens is 2. The summed E-state index contributed by atoms with van der Waals surface area (Å²) < 4.78 is 2.02. The predicted octanol–water partition coefficient (Wildman–Crippen LogP) is 3.08. The quantitative estimate of drug-likeness (QED) is 0.608. The number of nitrogens with one attached hydrogen (secondary N) is 1. The number of halogens is 2. The molecule has 0 bridgehead atoms. The van der Waals surface area contributed by atoms with Crippen molar-refractivity contribution in [1.29, 1.82) is 0 Å². The van der Waals surface area contributed by atoms with Crippen molar-refractivity contribution in [2.45, 2.75) is 19.0 Å². The van der Waals surface area contributed by atoms with E-state index in [0.29, 0.717) is 26.4 Å². The monoisotopic (exact) mass is 460 g/mol. The van der Waals surface area contributed by atoms with Gasteiger partial charge >= 0.3 is 6.03 Å². The van der Waals surface area contributed by atoms with E-state index in [1.54, 1.807) is 37.3 Å². The van der Waals surface area contributed by atoms with Crippen LogP contribution in [0.25, 0.3) is 5.65 Å². The van der Waals surface area contributed by atoms with E-state index in [0.717, 1.165) is 4.90 Å². The van der Waals surface area contributed by atoms with E-state index in [-0.39, 0.29) is 12.1 Å². The van der Waals surface area contributed by atoms with Gasteiger partial charge in [-0.2, -0.15) is 0 Å². The van der Waals surface area contributed by atoms with Crippen molar-refractivity contribution in [3.05, 3.63) is 79.8 Å². The van der Waals surface area contributed by atoms with E-state index in [9.17, 15) is 14.4 Å². The topological polar surface area (TPSA) is 83.8 Å². The van der Waals surface area contributed by atoms with Crippen LogP contribution in [-0.2, 0) is 16.9 Å². The largest absolute Gasteiger partial charge is 0.325 e. The Morgan fingerprint density at radius 1 is 1.18 bits per heavy atom. The van der Waals surface area contributed by atoms with Gasteiger partial charge in [0.2, 0.25) is 0 Å². The lowest BCUT2D eigenvalue weighted by molar-refractivity contribution is -0.131. The Morgan fingerprint density at radius 2 is 1.93 bits per heavy atom. The highest BCUT2D eigenvalue weighted by molar-refractivity contribution is 9.10. The molecular weight excluding hydrogens is 448 g/mol. The second-order valence-corrected chi connectivity index (χ2v) is 7.88. The zero-order valence-corrected chi connectivity index (χ0v) is 17.0. The maximum Gasteiger partial charge on any atom is 0.325 e. The molecule has 3 amide bonds. The van der Waals surface area contributed by atoms with Crippen molar-refractivity contribution in [2.24, 2.45) is 0 Å². The molecule has 4 rings (SSSR count). The van der Waals surface area contributed by atoms with Crippen LogP contribution in [0.4, 0.5) is 4.79 Å². The molecule has 1 fully saturated rings. The van der Waals surface area contributed by atoms with E-state index < -0.39 is 17.5 Å². The number of amides is 3. The third kappa shape index (κ3) is 2.98. The highest BCUT2D eigenvalue weighted by atomic mass is 79.9. The molecule has 1 aliphatic heterocycles. The van der Waals surface area contributed by atoms with Crippen LogP contribution in [0.3, 0.4) is 0 Å². The molecule has 3 heterocycles. The highest BCUT2D eigenvalue weighted by Crippen LogP contribution is 2.34. The van der Waals surface area contributed by atoms with Gasteiger partial charge in [-0.25, -0.2) is 9.78 Å². The van der Waals surface area contributed by atoms with Gasteiger partial charge in [-0.15, -0.1) is 0 Å². The summed E-state index contributed by atoms with van der Waals surface area (Å²) in [6.45, 7) is 1.54. The van der Waals surface area contributed by atoms with Gasteiger partial charge in [-0.05, 0) is 25.1 Å². The molecule has 1 N–H and O–H groups in total. The Hall–Kier alpha value is -2.71. The number of urea groups is 1. The molecule has 1 unspecified atom stereocenters. The molecule has 1 aromatic carbocycles.